The van der Waals surface area contributed by atoms with E-state index in [-0.39, 0.29) is 11.2 Å². The second-order valence-electron chi connectivity index (χ2n) is 6.48. The molecule has 2 fully saturated rings. The van der Waals surface area contributed by atoms with Crippen molar-refractivity contribution in [3.8, 4) is 0 Å². The molecule has 1 heterocycles. The van der Waals surface area contributed by atoms with Crippen molar-refractivity contribution >= 4 is 29.0 Å². The van der Waals surface area contributed by atoms with Gasteiger partial charge in [0.05, 0.1) is 5.25 Å². The van der Waals surface area contributed by atoms with E-state index in [1.54, 1.807) is 11.3 Å². The number of nitrogens with zero attached hydrogens (tertiary/aromatic N) is 2. The smallest absolute Gasteiger partial charge is 0.233 e. The van der Waals surface area contributed by atoms with E-state index in [0.717, 1.165) is 21.2 Å². The molecule has 4 nitrogen and oxygen atoms in total. The fraction of sp³-hybridized carbons (Fsp3) is 0.800. The highest BCUT2D eigenvalue weighted by atomic mass is 32.2. The van der Waals surface area contributed by atoms with Gasteiger partial charge in [-0.1, -0.05) is 29.5 Å². The molecule has 0 spiro atoms. The van der Waals surface area contributed by atoms with E-state index in [0.29, 0.717) is 12.0 Å². The van der Waals surface area contributed by atoms with Crippen molar-refractivity contribution < 1.29 is 4.79 Å². The molecule has 116 valence electrons. The summed E-state index contributed by atoms with van der Waals surface area (Å²) in [6.45, 7) is 6.06. The van der Waals surface area contributed by atoms with Gasteiger partial charge >= 0.3 is 0 Å². The molecule has 0 unspecified atom stereocenters. The van der Waals surface area contributed by atoms with Crippen molar-refractivity contribution in [2.75, 3.05) is 0 Å². The van der Waals surface area contributed by atoms with E-state index in [2.05, 4.69) is 22.4 Å². The van der Waals surface area contributed by atoms with Crippen LogP contribution in [-0.4, -0.2) is 27.4 Å². The fourth-order valence-corrected chi connectivity index (χ4v) is 5.85. The number of carbonyl (C=O) groups excluding carboxylic acids is 1. The molecule has 5 atom stereocenters. The highest BCUT2D eigenvalue weighted by Crippen LogP contribution is 2.49. The summed E-state index contributed by atoms with van der Waals surface area (Å²) in [5.74, 6) is 2.59. The van der Waals surface area contributed by atoms with Crippen LogP contribution in [0.1, 0.15) is 44.5 Å². The molecule has 0 aliphatic heterocycles. The van der Waals surface area contributed by atoms with E-state index in [9.17, 15) is 4.79 Å². The minimum Gasteiger partial charge on any atom is -0.352 e. The van der Waals surface area contributed by atoms with Gasteiger partial charge < -0.3 is 5.32 Å². The molecule has 2 aliphatic rings. The lowest BCUT2D eigenvalue weighted by Crippen LogP contribution is -2.43. The predicted molar refractivity (Wildman–Crippen MR) is 86.5 cm³/mol. The summed E-state index contributed by atoms with van der Waals surface area (Å²) in [4.78, 5) is 12.4. The van der Waals surface area contributed by atoms with Crippen LogP contribution in [0.3, 0.4) is 0 Å². The van der Waals surface area contributed by atoms with Crippen molar-refractivity contribution in [3.63, 3.8) is 0 Å². The van der Waals surface area contributed by atoms with E-state index >= 15 is 0 Å². The number of carbonyl (C=O) groups is 1. The summed E-state index contributed by atoms with van der Waals surface area (Å²) in [6, 6.07) is 0.298. The molecule has 21 heavy (non-hydrogen) atoms. The maximum atomic E-state index is 12.4. The lowest BCUT2D eigenvalue weighted by Gasteiger charge is -2.29. The maximum Gasteiger partial charge on any atom is 0.233 e. The Morgan fingerprint density at radius 2 is 2.14 bits per heavy atom. The number of aryl methyl sites for hydroxylation is 1. The standard InChI is InChI=1S/C15H23N3OS2/c1-8(13-7-11-4-5-12(13)6-11)16-14(19)9(2)20-15-18-17-10(3)21-15/h8-9,11-13H,4-7H2,1-3H3,(H,16,19)/t8-,9+,11-,12-,13+/m0/s1. The summed E-state index contributed by atoms with van der Waals surface area (Å²) in [7, 11) is 0. The Balaban J connectivity index is 1.51. The highest BCUT2D eigenvalue weighted by molar-refractivity contribution is 8.02. The lowest BCUT2D eigenvalue weighted by atomic mass is 9.84. The maximum absolute atomic E-state index is 12.4. The lowest BCUT2D eigenvalue weighted by molar-refractivity contribution is -0.121. The number of hydrogen-bond acceptors (Lipinski definition) is 5. The molecule has 2 bridgehead atoms. The third-order valence-corrected chi connectivity index (χ3v) is 6.98. The van der Waals surface area contributed by atoms with Crippen molar-refractivity contribution in [1.82, 2.24) is 15.5 Å². The van der Waals surface area contributed by atoms with E-state index in [1.807, 2.05) is 13.8 Å². The first-order chi connectivity index (χ1) is 10.0. The van der Waals surface area contributed by atoms with Gasteiger partial charge in [-0.2, -0.15) is 0 Å². The first kappa shape index (κ1) is 15.3. The fourth-order valence-electron chi connectivity index (χ4n) is 3.89. The van der Waals surface area contributed by atoms with Gasteiger partial charge in [-0.3, -0.25) is 4.79 Å². The third kappa shape index (κ3) is 3.42. The average molecular weight is 326 g/mol. The molecule has 2 aliphatic carbocycles. The SMILES string of the molecule is Cc1nnc(S[C@H](C)C(=O)N[C@@H](C)[C@H]2C[C@H]3CC[C@H]2C3)s1. The minimum absolute atomic E-state index is 0.113. The van der Waals surface area contributed by atoms with Crippen molar-refractivity contribution in [3.05, 3.63) is 5.01 Å². The monoisotopic (exact) mass is 325 g/mol. The first-order valence-corrected chi connectivity index (χ1v) is 9.49. The van der Waals surface area contributed by atoms with Crippen LogP contribution in [0.4, 0.5) is 0 Å². The Bertz CT molecular complexity index is 519. The van der Waals surface area contributed by atoms with Crippen LogP contribution >= 0.6 is 23.1 Å². The van der Waals surface area contributed by atoms with Crippen LogP contribution in [0.25, 0.3) is 0 Å². The Hall–Kier alpha value is -0.620. The Labute approximate surface area is 134 Å². The molecule has 3 rings (SSSR count). The second kappa shape index (κ2) is 6.24. The summed E-state index contributed by atoms with van der Waals surface area (Å²) in [5.41, 5.74) is 0. The van der Waals surface area contributed by atoms with Gasteiger partial charge in [0.15, 0.2) is 4.34 Å². The Morgan fingerprint density at radius 1 is 1.33 bits per heavy atom. The largest absolute Gasteiger partial charge is 0.352 e. The summed E-state index contributed by atoms with van der Waals surface area (Å²) < 4.78 is 0.878. The summed E-state index contributed by atoms with van der Waals surface area (Å²) in [6.07, 6.45) is 5.47. The minimum atomic E-state index is -0.113. The van der Waals surface area contributed by atoms with Crippen LogP contribution in [0.5, 0.6) is 0 Å². The summed E-state index contributed by atoms with van der Waals surface area (Å²) >= 11 is 3.05. The molecule has 0 radical (unpaired) electrons. The predicted octanol–water partition coefficient (Wildman–Crippen LogP) is 3.27. The third-order valence-electron chi connectivity index (χ3n) is 4.96. The zero-order valence-corrected chi connectivity index (χ0v) is 14.5. The van der Waals surface area contributed by atoms with Crippen molar-refractivity contribution in [2.24, 2.45) is 17.8 Å². The van der Waals surface area contributed by atoms with Crippen LogP contribution in [-0.2, 0) is 4.79 Å². The van der Waals surface area contributed by atoms with Gasteiger partial charge in [-0.25, -0.2) is 0 Å². The zero-order chi connectivity index (χ0) is 15.0. The number of amides is 1. The van der Waals surface area contributed by atoms with Gasteiger partial charge in [0.25, 0.3) is 0 Å². The molecule has 0 saturated heterocycles. The Kier molecular flexibility index (Phi) is 4.54. The molecular weight excluding hydrogens is 302 g/mol. The van der Waals surface area contributed by atoms with Crippen LogP contribution in [0, 0.1) is 24.7 Å². The molecule has 1 aromatic heterocycles. The molecule has 0 aromatic carbocycles. The Morgan fingerprint density at radius 3 is 2.71 bits per heavy atom. The van der Waals surface area contributed by atoms with Gasteiger partial charge in [0.2, 0.25) is 5.91 Å². The average Bonchev–Trinajstić information content (AvgIpc) is 3.15. The molecule has 1 aromatic rings. The molecule has 1 amide bonds. The normalized spacial score (nSPS) is 30.3. The number of nitrogens with one attached hydrogen (secondary N) is 1. The topological polar surface area (TPSA) is 54.9 Å². The van der Waals surface area contributed by atoms with Gasteiger partial charge in [0.1, 0.15) is 5.01 Å². The van der Waals surface area contributed by atoms with Crippen LogP contribution in [0.2, 0.25) is 0 Å². The van der Waals surface area contributed by atoms with E-state index < -0.39 is 0 Å². The quantitative estimate of drug-likeness (QED) is 0.844. The number of aromatic nitrogens is 2. The molecule has 1 N–H and O–H groups in total. The van der Waals surface area contributed by atoms with Crippen molar-refractivity contribution in [2.45, 2.75) is 62.1 Å². The summed E-state index contributed by atoms with van der Waals surface area (Å²) in [5, 5.41) is 12.1. The van der Waals surface area contributed by atoms with Gasteiger partial charge in [0, 0.05) is 6.04 Å². The number of fused-ring (bicyclic) bond motifs is 2. The van der Waals surface area contributed by atoms with Crippen LogP contribution in [0.15, 0.2) is 4.34 Å². The van der Waals surface area contributed by atoms with E-state index in [1.165, 1.54) is 37.4 Å². The number of rotatable bonds is 5. The van der Waals surface area contributed by atoms with Gasteiger partial charge in [-0.15, -0.1) is 10.2 Å². The molecule has 2 saturated carbocycles. The zero-order valence-electron chi connectivity index (χ0n) is 12.8. The number of hydrogen-bond donors (Lipinski definition) is 1. The number of thioether (sulfide) groups is 1. The van der Waals surface area contributed by atoms with E-state index in [4.69, 9.17) is 0 Å². The second-order valence-corrected chi connectivity index (χ2v) is 9.25. The van der Waals surface area contributed by atoms with Crippen LogP contribution < -0.4 is 5.32 Å². The van der Waals surface area contributed by atoms with Gasteiger partial charge in [-0.05, 0) is 57.8 Å². The first-order valence-electron chi connectivity index (χ1n) is 7.80. The highest BCUT2D eigenvalue weighted by Gasteiger charge is 2.42. The van der Waals surface area contributed by atoms with Crippen molar-refractivity contribution in [1.29, 1.82) is 0 Å². The molecule has 6 heteroatoms. The molecular formula is C15H23N3OS2.